The highest BCUT2D eigenvalue weighted by molar-refractivity contribution is 5.86. The summed E-state index contributed by atoms with van der Waals surface area (Å²) in [6.45, 7) is -1.99. The summed E-state index contributed by atoms with van der Waals surface area (Å²) in [6.07, 6.45) is -17.5. The molecule has 0 saturated carbocycles. The van der Waals surface area contributed by atoms with Gasteiger partial charge in [0.05, 0.1) is 13.2 Å². The van der Waals surface area contributed by atoms with Crippen LogP contribution in [-0.4, -0.2) is 125 Å². The van der Waals surface area contributed by atoms with E-state index in [-0.39, 0.29) is 0 Å². The maximum Gasteiger partial charge on any atom is 0.295 e. The molecule has 0 aliphatic carbocycles. The SMILES string of the molecule is O=C(N=NC(=O)[C@@H](O)[C@@H](O)[C@H](O)[C@H](O)CO)[C@@H](O)[C@@H](O)[C@H](O)[C@H](O)CO. The molecule has 0 aromatic rings. The van der Waals surface area contributed by atoms with Crippen molar-refractivity contribution in [1.29, 1.82) is 0 Å². The summed E-state index contributed by atoms with van der Waals surface area (Å²) in [5.74, 6) is -3.35. The van der Waals surface area contributed by atoms with E-state index >= 15 is 0 Å². The number of amides is 2. The van der Waals surface area contributed by atoms with Gasteiger partial charge in [-0.15, -0.1) is 10.2 Å². The lowest BCUT2D eigenvalue weighted by Crippen LogP contribution is -2.48. The standard InChI is InChI=1S/C12H22N2O12/c15-1-3(17)5(19)7(21)9(23)11(25)13-14-12(26)10(24)8(22)6(20)4(18)2-16/h3-10,15-24H,1-2H2/t3-,4-,5-,6-,7+,8+,9+,10+/m1/s1. The van der Waals surface area contributed by atoms with Crippen molar-refractivity contribution in [3.05, 3.63) is 0 Å². The third kappa shape index (κ3) is 6.69. The van der Waals surface area contributed by atoms with Crippen molar-refractivity contribution in [2.24, 2.45) is 10.2 Å². The fourth-order valence-corrected chi connectivity index (χ4v) is 1.55. The molecule has 0 radical (unpaired) electrons. The molecule has 14 nitrogen and oxygen atoms in total. The molecule has 8 atom stereocenters. The number of carbonyl (C=O) groups is 2. The van der Waals surface area contributed by atoms with Crippen LogP contribution < -0.4 is 0 Å². The normalized spacial score (nSPS) is 21.5. The van der Waals surface area contributed by atoms with Crippen LogP contribution in [0.1, 0.15) is 0 Å². The molecule has 0 saturated heterocycles. The van der Waals surface area contributed by atoms with E-state index in [2.05, 4.69) is 10.2 Å². The van der Waals surface area contributed by atoms with Gasteiger partial charge in [-0.25, -0.2) is 0 Å². The van der Waals surface area contributed by atoms with Crippen LogP contribution >= 0.6 is 0 Å². The van der Waals surface area contributed by atoms with E-state index in [4.69, 9.17) is 20.4 Å². The second-order valence-corrected chi connectivity index (χ2v) is 5.23. The Hall–Kier alpha value is -1.46. The number of azo groups is 1. The molecule has 10 N–H and O–H groups in total. The van der Waals surface area contributed by atoms with Gasteiger partial charge in [0.15, 0.2) is 12.2 Å². The Kier molecular flexibility index (Phi) is 10.7. The summed E-state index contributed by atoms with van der Waals surface area (Å²) < 4.78 is 0. The molecule has 0 aliphatic rings. The minimum atomic E-state index is -2.45. The van der Waals surface area contributed by atoms with Crippen molar-refractivity contribution in [1.82, 2.24) is 0 Å². The Morgan fingerprint density at radius 2 is 0.846 bits per heavy atom. The Morgan fingerprint density at radius 1 is 0.577 bits per heavy atom. The van der Waals surface area contributed by atoms with E-state index in [0.717, 1.165) is 0 Å². The topological polar surface area (TPSA) is 261 Å². The lowest BCUT2D eigenvalue weighted by Gasteiger charge is -2.24. The lowest BCUT2D eigenvalue weighted by atomic mass is 10.0. The zero-order valence-electron chi connectivity index (χ0n) is 13.2. The predicted molar refractivity (Wildman–Crippen MR) is 77.1 cm³/mol. The summed E-state index contributed by atoms with van der Waals surface area (Å²) in [6, 6.07) is 0. The molecule has 0 aliphatic heterocycles. The average Bonchev–Trinajstić information content (AvgIpc) is 2.66. The van der Waals surface area contributed by atoms with Gasteiger partial charge in [-0.2, -0.15) is 0 Å². The molecular weight excluding hydrogens is 364 g/mol. The van der Waals surface area contributed by atoms with Crippen LogP contribution in [0.25, 0.3) is 0 Å². The number of hydrogen-bond donors (Lipinski definition) is 10. The smallest absolute Gasteiger partial charge is 0.295 e. The molecule has 26 heavy (non-hydrogen) atoms. The molecular formula is C12H22N2O12. The summed E-state index contributed by atoms with van der Waals surface area (Å²) in [4.78, 5) is 22.9. The summed E-state index contributed by atoms with van der Waals surface area (Å²) in [7, 11) is 0. The van der Waals surface area contributed by atoms with Gasteiger partial charge < -0.3 is 51.1 Å². The number of aliphatic hydroxyl groups is 10. The fraction of sp³-hybridized carbons (Fsp3) is 0.833. The van der Waals surface area contributed by atoms with Gasteiger partial charge >= 0.3 is 0 Å². The number of hydrogen-bond acceptors (Lipinski definition) is 12. The number of rotatable bonds is 10. The highest BCUT2D eigenvalue weighted by Gasteiger charge is 2.36. The van der Waals surface area contributed by atoms with E-state index in [1.165, 1.54) is 0 Å². The van der Waals surface area contributed by atoms with Crippen LogP contribution in [0, 0.1) is 0 Å². The van der Waals surface area contributed by atoms with Gasteiger partial charge in [0.25, 0.3) is 11.8 Å². The van der Waals surface area contributed by atoms with Crippen LogP contribution in [-0.2, 0) is 9.59 Å². The van der Waals surface area contributed by atoms with Crippen molar-refractivity contribution in [2.75, 3.05) is 13.2 Å². The molecule has 0 heterocycles. The van der Waals surface area contributed by atoms with E-state index in [0.29, 0.717) is 0 Å². The highest BCUT2D eigenvalue weighted by atomic mass is 16.4. The molecule has 0 bridgehead atoms. The van der Waals surface area contributed by atoms with Gasteiger partial charge in [-0.05, 0) is 0 Å². The van der Waals surface area contributed by atoms with Gasteiger partial charge in [0, 0.05) is 0 Å². The molecule has 14 heteroatoms. The van der Waals surface area contributed by atoms with Crippen LogP contribution in [0.15, 0.2) is 10.2 Å². The molecule has 0 aromatic carbocycles. The average molecular weight is 386 g/mol. The van der Waals surface area contributed by atoms with Crippen molar-refractivity contribution in [2.45, 2.75) is 48.8 Å². The third-order valence-corrected chi connectivity index (χ3v) is 3.26. The van der Waals surface area contributed by atoms with Gasteiger partial charge in [0.1, 0.15) is 36.6 Å². The van der Waals surface area contributed by atoms with E-state index in [9.17, 15) is 40.2 Å². The Bertz CT molecular complexity index is 447. The van der Waals surface area contributed by atoms with Crippen LogP contribution in [0.3, 0.4) is 0 Å². The molecule has 0 rings (SSSR count). The zero-order chi connectivity index (χ0) is 20.6. The quantitative estimate of drug-likeness (QED) is 0.157. The minimum absolute atomic E-state index is 0.995. The summed E-state index contributed by atoms with van der Waals surface area (Å²) in [5, 5.41) is 97.0. The maximum atomic E-state index is 11.4. The molecule has 2 amide bonds. The monoisotopic (exact) mass is 386 g/mol. The summed E-state index contributed by atoms with van der Waals surface area (Å²) >= 11 is 0. The first kappa shape index (κ1) is 24.5. The Morgan fingerprint density at radius 3 is 1.08 bits per heavy atom. The van der Waals surface area contributed by atoms with E-state index in [1.54, 1.807) is 0 Å². The molecule has 0 aromatic heterocycles. The second-order valence-electron chi connectivity index (χ2n) is 5.23. The number of aliphatic hydroxyl groups excluding tert-OH is 10. The van der Waals surface area contributed by atoms with E-state index < -0.39 is 73.9 Å². The van der Waals surface area contributed by atoms with Crippen LogP contribution in [0.5, 0.6) is 0 Å². The lowest BCUT2D eigenvalue weighted by molar-refractivity contribution is -0.149. The first-order valence-electron chi connectivity index (χ1n) is 7.15. The number of nitrogens with zero attached hydrogens (tertiary/aromatic N) is 2. The second kappa shape index (κ2) is 11.3. The Labute approximate surface area is 145 Å². The van der Waals surface area contributed by atoms with Gasteiger partial charge in [-0.3, -0.25) is 9.59 Å². The predicted octanol–water partition coefficient (Wildman–Crippen LogP) is -6.64. The Balaban J connectivity index is 4.87. The first-order valence-corrected chi connectivity index (χ1v) is 7.15. The van der Waals surface area contributed by atoms with Crippen molar-refractivity contribution in [3.8, 4) is 0 Å². The van der Waals surface area contributed by atoms with Crippen molar-refractivity contribution in [3.63, 3.8) is 0 Å². The molecule has 0 spiro atoms. The molecule has 152 valence electrons. The molecule has 0 unspecified atom stereocenters. The number of carbonyl (C=O) groups excluding carboxylic acids is 2. The first-order chi connectivity index (χ1) is 12.0. The third-order valence-electron chi connectivity index (χ3n) is 3.26. The summed E-state index contributed by atoms with van der Waals surface area (Å²) in [5.41, 5.74) is 0. The van der Waals surface area contributed by atoms with Gasteiger partial charge in [-0.1, -0.05) is 0 Å². The van der Waals surface area contributed by atoms with Crippen LogP contribution in [0.4, 0.5) is 0 Å². The largest absolute Gasteiger partial charge is 0.394 e. The van der Waals surface area contributed by atoms with Crippen LogP contribution in [0.2, 0.25) is 0 Å². The minimum Gasteiger partial charge on any atom is -0.394 e. The van der Waals surface area contributed by atoms with Crippen molar-refractivity contribution >= 4 is 11.8 Å². The van der Waals surface area contributed by atoms with Crippen molar-refractivity contribution < 1.29 is 60.7 Å². The fourth-order valence-electron chi connectivity index (χ4n) is 1.55. The maximum absolute atomic E-state index is 11.4. The highest BCUT2D eigenvalue weighted by Crippen LogP contribution is 2.09. The molecule has 0 fully saturated rings. The van der Waals surface area contributed by atoms with Gasteiger partial charge in [0.2, 0.25) is 0 Å². The van der Waals surface area contributed by atoms with E-state index in [1.807, 2.05) is 0 Å². The zero-order valence-corrected chi connectivity index (χ0v) is 13.2.